The number of thiophene rings is 1. The lowest BCUT2D eigenvalue weighted by Crippen LogP contribution is -2.47. The van der Waals surface area contributed by atoms with Gasteiger partial charge in [-0.05, 0) is 54.5 Å². The van der Waals surface area contributed by atoms with Crippen LogP contribution in [0, 0.1) is 6.92 Å². The Labute approximate surface area is 194 Å². The highest BCUT2D eigenvalue weighted by atomic mass is 32.1. The molecule has 1 aromatic heterocycles. The smallest absolute Gasteiger partial charge is 0.242 e. The van der Waals surface area contributed by atoms with Crippen LogP contribution in [0.1, 0.15) is 61.5 Å². The molecule has 32 heavy (non-hydrogen) atoms. The van der Waals surface area contributed by atoms with Crippen molar-refractivity contribution in [3.63, 3.8) is 0 Å². The minimum absolute atomic E-state index is 0.0113. The third-order valence-electron chi connectivity index (χ3n) is 6.41. The maximum atomic E-state index is 13.6. The number of rotatable bonds is 8. The van der Waals surface area contributed by atoms with E-state index >= 15 is 0 Å². The van der Waals surface area contributed by atoms with Crippen LogP contribution in [0.25, 0.3) is 0 Å². The number of amides is 2. The van der Waals surface area contributed by atoms with Crippen molar-refractivity contribution in [2.24, 2.45) is 0 Å². The van der Waals surface area contributed by atoms with E-state index in [1.807, 2.05) is 34.9 Å². The lowest BCUT2D eigenvalue weighted by Gasteiger charge is -2.35. The molecule has 1 aliphatic carbocycles. The number of carbonyl (C=O) groups is 2. The average Bonchev–Trinajstić information content (AvgIpc) is 3.45. The summed E-state index contributed by atoms with van der Waals surface area (Å²) in [7, 11) is 0. The summed E-state index contributed by atoms with van der Waals surface area (Å²) in [6.07, 6.45) is 5.88. The highest BCUT2D eigenvalue weighted by Crippen LogP contribution is 2.33. The van der Waals surface area contributed by atoms with Gasteiger partial charge in [-0.25, -0.2) is 0 Å². The van der Waals surface area contributed by atoms with Crippen LogP contribution in [-0.2, 0) is 22.7 Å². The van der Waals surface area contributed by atoms with Gasteiger partial charge >= 0.3 is 0 Å². The fourth-order valence-electron chi connectivity index (χ4n) is 4.49. The molecule has 1 aromatic carbocycles. The summed E-state index contributed by atoms with van der Waals surface area (Å²) in [5.74, 6) is 1.51. The molecule has 2 amide bonds. The lowest BCUT2D eigenvalue weighted by molar-refractivity contribution is -0.143. The number of carbonyl (C=O) groups excluding carboxylic acids is 2. The van der Waals surface area contributed by atoms with E-state index in [2.05, 4.69) is 18.4 Å². The van der Waals surface area contributed by atoms with E-state index in [-0.39, 0.29) is 31.2 Å². The summed E-state index contributed by atoms with van der Waals surface area (Å²) in [5, 5.41) is 2.06. The van der Waals surface area contributed by atoms with Crippen LogP contribution in [0.4, 0.5) is 0 Å². The molecule has 1 saturated carbocycles. The molecule has 2 aromatic rings. The van der Waals surface area contributed by atoms with Crippen LogP contribution >= 0.6 is 11.3 Å². The summed E-state index contributed by atoms with van der Waals surface area (Å²) in [4.78, 5) is 31.2. The second-order valence-electron chi connectivity index (χ2n) is 8.63. The second-order valence-corrected chi connectivity index (χ2v) is 9.63. The first kappa shape index (κ1) is 22.6. The lowest BCUT2D eigenvalue weighted by atomic mass is 9.94. The van der Waals surface area contributed by atoms with Crippen molar-refractivity contribution in [3.05, 3.63) is 45.6 Å². The highest BCUT2D eigenvalue weighted by Gasteiger charge is 2.28. The first-order valence-electron chi connectivity index (χ1n) is 11.5. The van der Waals surface area contributed by atoms with Gasteiger partial charge in [0.15, 0.2) is 11.5 Å². The predicted molar refractivity (Wildman–Crippen MR) is 125 cm³/mol. The van der Waals surface area contributed by atoms with Gasteiger partial charge in [-0.1, -0.05) is 32.3 Å². The Kier molecular flexibility index (Phi) is 7.35. The van der Waals surface area contributed by atoms with Gasteiger partial charge < -0.3 is 19.3 Å². The molecule has 2 heterocycles. The van der Waals surface area contributed by atoms with Gasteiger partial charge in [0.25, 0.3) is 0 Å². The first-order valence-corrected chi connectivity index (χ1v) is 12.4. The molecule has 1 aliphatic heterocycles. The van der Waals surface area contributed by atoms with Crippen LogP contribution in [0.5, 0.6) is 11.5 Å². The molecule has 4 rings (SSSR count). The monoisotopic (exact) mass is 456 g/mol. The zero-order valence-electron chi connectivity index (χ0n) is 19.0. The highest BCUT2D eigenvalue weighted by molar-refractivity contribution is 7.10. The Hall–Kier alpha value is -2.54. The molecule has 0 spiro atoms. The van der Waals surface area contributed by atoms with Gasteiger partial charge in [0, 0.05) is 23.9 Å². The minimum Gasteiger partial charge on any atom is -0.454 e. The van der Waals surface area contributed by atoms with Crippen LogP contribution in [0.15, 0.2) is 29.6 Å². The number of hydrogen-bond donors (Lipinski definition) is 0. The Bertz CT molecular complexity index is 951. The van der Waals surface area contributed by atoms with E-state index in [0.717, 1.165) is 37.0 Å². The average molecular weight is 457 g/mol. The summed E-state index contributed by atoms with van der Waals surface area (Å²) in [6, 6.07) is 8.07. The normalized spacial score (nSPS) is 15.6. The maximum Gasteiger partial charge on any atom is 0.242 e. The summed E-state index contributed by atoms with van der Waals surface area (Å²) < 4.78 is 10.9. The third kappa shape index (κ3) is 5.26. The van der Waals surface area contributed by atoms with Crippen LogP contribution in [-0.4, -0.2) is 41.0 Å². The van der Waals surface area contributed by atoms with E-state index < -0.39 is 0 Å². The van der Waals surface area contributed by atoms with Gasteiger partial charge in [0.05, 0.1) is 6.54 Å². The quantitative estimate of drug-likeness (QED) is 0.568. The van der Waals surface area contributed by atoms with Crippen molar-refractivity contribution < 1.29 is 19.1 Å². The fraction of sp³-hybridized carbons (Fsp3) is 0.520. The Balaban J connectivity index is 1.54. The Morgan fingerprint density at radius 1 is 1.03 bits per heavy atom. The summed E-state index contributed by atoms with van der Waals surface area (Å²) in [6.45, 7) is 5.32. The van der Waals surface area contributed by atoms with Crippen molar-refractivity contribution >= 4 is 23.2 Å². The largest absolute Gasteiger partial charge is 0.454 e. The fourth-order valence-corrected chi connectivity index (χ4v) is 5.41. The molecule has 1 fully saturated rings. The Morgan fingerprint density at radius 2 is 1.81 bits per heavy atom. The molecule has 0 N–H and O–H groups in total. The number of aryl methyl sites for hydroxylation is 1. The predicted octanol–water partition coefficient (Wildman–Crippen LogP) is 4.89. The molecule has 0 saturated heterocycles. The molecular weight excluding hydrogens is 424 g/mol. The molecule has 0 atom stereocenters. The number of benzene rings is 1. The Morgan fingerprint density at radius 3 is 2.53 bits per heavy atom. The molecule has 7 heteroatoms. The summed E-state index contributed by atoms with van der Waals surface area (Å²) >= 11 is 1.66. The van der Waals surface area contributed by atoms with Gasteiger partial charge in [0.1, 0.15) is 6.54 Å². The molecule has 2 aliphatic rings. The van der Waals surface area contributed by atoms with E-state index in [1.165, 1.54) is 16.9 Å². The van der Waals surface area contributed by atoms with E-state index in [4.69, 9.17) is 9.47 Å². The number of nitrogens with zero attached hydrogens (tertiary/aromatic N) is 2. The van der Waals surface area contributed by atoms with Crippen molar-refractivity contribution in [1.29, 1.82) is 0 Å². The standard InChI is InChI=1S/C25H32N2O4S/c1-3-24(28)27(20-7-5-4-6-8-20)16-25(29)26(15-23-18(2)11-12-32-23)14-19-9-10-21-22(13-19)31-17-30-21/h9-13,20H,3-8,14-17H2,1-2H3. The van der Waals surface area contributed by atoms with E-state index in [9.17, 15) is 9.59 Å². The minimum atomic E-state index is -0.0113. The van der Waals surface area contributed by atoms with E-state index in [0.29, 0.717) is 25.3 Å². The SMILES string of the molecule is CCC(=O)N(CC(=O)N(Cc1ccc2c(c1)OCO2)Cc1sccc1C)C1CCCCC1. The maximum absolute atomic E-state index is 13.6. The number of ether oxygens (including phenoxy) is 2. The van der Waals surface area contributed by atoms with Gasteiger partial charge in [-0.3, -0.25) is 9.59 Å². The molecule has 0 bridgehead atoms. The first-order chi connectivity index (χ1) is 15.5. The van der Waals surface area contributed by atoms with E-state index in [1.54, 1.807) is 11.3 Å². The van der Waals surface area contributed by atoms with Crippen LogP contribution < -0.4 is 9.47 Å². The third-order valence-corrected chi connectivity index (χ3v) is 7.42. The van der Waals surface area contributed by atoms with Crippen molar-refractivity contribution in [3.8, 4) is 11.5 Å². The summed E-state index contributed by atoms with van der Waals surface area (Å²) in [5.41, 5.74) is 2.18. The van der Waals surface area contributed by atoms with Gasteiger partial charge in [0.2, 0.25) is 18.6 Å². The van der Waals surface area contributed by atoms with Crippen LogP contribution in [0.3, 0.4) is 0 Å². The van der Waals surface area contributed by atoms with Crippen molar-refractivity contribution in [2.75, 3.05) is 13.3 Å². The zero-order chi connectivity index (χ0) is 22.5. The molecule has 0 radical (unpaired) electrons. The number of fused-ring (bicyclic) bond motifs is 1. The van der Waals surface area contributed by atoms with Crippen molar-refractivity contribution in [1.82, 2.24) is 9.80 Å². The topological polar surface area (TPSA) is 59.1 Å². The molecule has 6 nitrogen and oxygen atoms in total. The van der Waals surface area contributed by atoms with Crippen LogP contribution in [0.2, 0.25) is 0 Å². The van der Waals surface area contributed by atoms with Crippen molar-refractivity contribution in [2.45, 2.75) is 71.5 Å². The second kappa shape index (κ2) is 10.4. The number of hydrogen-bond acceptors (Lipinski definition) is 5. The molecule has 172 valence electrons. The van der Waals surface area contributed by atoms with Gasteiger partial charge in [-0.15, -0.1) is 11.3 Å². The molecular formula is C25H32N2O4S. The molecule has 0 unspecified atom stereocenters. The van der Waals surface area contributed by atoms with Gasteiger partial charge in [-0.2, -0.15) is 0 Å². The zero-order valence-corrected chi connectivity index (χ0v) is 19.8.